The second kappa shape index (κ2) is 5.09. The van der Waals surface area contributed by atoms with Gasteiger partial charge in [-0.15, -0.1) is 0 Å². The van der Waals surface area contributed by atoms with Crippen LogP contribution in [0.5, 0.6) is 0 Å². The van der Waals surface area contributed by atoms with Crippen molar-refractivity contribution in [2.24, 2.45) is 5.73 Å². The van der Waals surface area contributed by atoms with E-state index in [1.807, 2.05) is 0 Å². The molecule has 0 aromatic rings. The molecule has 0 aliphatic carbocycles. The van der Waals surface area contributed by atoms with E-state index in [4.69, 9.17) is 22.7 Å². The Hall–Kier alpha value is -0.400. The minimum atomic E-state index is -4.11. The molecule has 1 aliphatic rings. The molecule has 3 nitrogen and oxygen atoms in total. The Labute approximate surface area is 91.4 Å². The highest BCUT2D eigenvalue weighted by molar-refractivity contribution is 7.80. The fraction of sp³-hybridized carbons (Fsp3) is 0.875. The van der Waals surface area contributed by atoms with Gasteiger partial charge in [-0.25, -0.2) is 0 Å². The highest BCUT2D eigenvalue weighted by Gasteiger charge is 2.30. The van der Waals surface area contributed by atoms with Crippen LogP contribution in [0.3, 0.4) is 0 Å². The van der Waals surface area contributed by atoms with E-state index in [9.17, 15) is 13.2 Å². The van der Waals surface area contributed by atoms with Crippen molar-refractivity contribution in [1.82, 2.24) is 4.90 Å². The summed E-state index contributed by atoms with van der Waals surface area (Å²) in [5.74, 6) is 0. The van der Waals surface area contributed by atoms with Crippen molar-refractivity contribution in [2.75, 3.05) is 26.2 Å². The van der Waals surface area contributed by atoms with Gasteiger partial charge in [-0.3, -0.25) is 4.90 Å². The van der Waals surface area contributed by atoms with Crippen LogP contribution >= 0.6 is 12.2 Å². The normalized spacial score (nSPS) is 24.1. The maximum atomic E-state index is 12.0. The zero-order chi connectivity index (χ0) is 11.5. The van der Waals surface area contributed by atoms with Crippen LogP contribution in [0.1, 0.15) is 6.42 Å². The van der Waals surface area contributed by atoms with Gasteiger partial charge in [0.25, 0.3) is 0 Å². The number of alkyl halides is 3. The summed E-state index contributed by atoms with van der Waals surface area (Å²) in [6.07, 6.45) is -5.34. The molecule has 1 fully saturated rings. The van der Waals surface area contributed by atoms with Crippen LogP contribution in [0.25, 0.3) is 0 Å². The molecular formula is C8H13F3N2OS. The maximum Gasteiger partial charge on any atom is 0.390 e. The maximum absolute atomic E-state index is 12.0. The van der Waals surface area contributed by atoms with E-state index in [0.29, 0.717) is 19.7 Å². The van der Waals surface area contributed by atoms with Crippen LogP contribution in [-0.4, -0.2) is 48.4 Å². The monoisotopic (exact) mass is 242 g/mol. The first-order chi connectivity index (χ1) is 6.88. The van der Waals surface area contributed by atoms with E-state index in [1.165, 1.54) is 0 Å². The third-order valence-corrected chi connectivity index (χ3v) is 2.44. The van der Waals surface area contributed by atoms with Gasteiger partial charge in [0.1, 0.15) is 11.1 Å². The lowest BCUT2D eigenvalue weighted by Gasteiger charge is -2.32. The third-order valence-electron chi connectivity index (χ3n) is 2.18. The minimum Gasteiger partial charge on any atom is -0.391 e. The molecule has 1 heterocycles. The summed E-state index contributed by atoms with van der Waals surface area (Å²) in [6.45, 7) is 1.20. The molecule has 7 heteroatoms. The van der Waals surface area contributed by atoms with Gasteiger partial charge >= 0.3 is 6.18 Å². The lowest BCUT2D eigenvalue weighted by atomic mass is 10.2. The van der Waals surface area contributed by atoms with E-state index in [1.54, 1.807) is 4.90 Å². The number of halogens is 3. The Bertz CT molecular complexity index is 234. The molecule has 0 radical (unpaired) electrons. The van der Waals surface area contributed by atoms with Gasteiger partial charge in [0, 0.05) is 19.6 Å². The summed E-state index contributed by atoms with van der Waals surface area (Å²) in [5, 5.41) is 0. The van der Waals surface area contributed by atoms with Crippen LogP contribution in [-0.2, 0) is 4.74 Å². The number of nitrogens with two attached hydrogens (primary N) is 1. The SMILES string of the molecule is NC(=S)C1CN(CCC(F)(F)F)CCO1. The molecular weight excluding hydrogens is 229 g/mol. The first kappa shape index (κ1) is 12.7. The number of hydrogen-bond donors (Lipinski definition) is 1. The van der Waals surface area contributed by atoms with Crippen molar-refractivity contribution in [1.29, 1.82) is 0 Å². The Balaban J connectivity index is 2.34. The molecule has 88 valence electrons. The van der Waals surface area contributed by atoms with Crippen LogP contribution in [0.15, 0.2) is 0 Å². The average Bonchev–Trinajstić information content (AvgIpc) is 2.14. The first-order valence-electron chi connectivity index (χ1n) is 4.58. The number of ether oxygens (including phenoxy) is 1. The predicted octanol–water partition coefficient (Wildman–Crippen LogP) is 0.926. The van der Waals surface area contributed by atoms with Crippen LogP contribution in [0, 0.1) is 0 Å². The largest absolute Gasteiger partial charge is 0.391 e. The van der Waals surface area contributed by atoms with E-state index in [2.05, 4.69) is 0 Å². The summed E-state index contributed by atoms with van der Waals surface area (Å²) in [5.41, 5.74) is 5.37. The van der Waals surface area contributed by atoms with Crippen molar-refractivity contribution in [3.05, 3.63) is 0 Å². The summed E-state index contributed by atoms with van der Waals surface area (Å²) >= 11 is 4.73. The van der Waals surface area contributed by atoms with Crippen LogP contribution < -0.4 is 5.73 Å². The molecule has 0 bridgehead atoms. The van der Waals surface area contributed by atoms with Crippen molar-refractivity contribution in [2.45, 2.75) is 18.7 Å². The molecule has 1 aliphatic heterocycles. The molecule has 0 aromatic heterocycles. The zero-order valence-corrected chi connectivity index (χ0v) is 8.90. The molecule has 2 N–H and O–H groups in total. The van der Waals surface area contributed by atoms with Crippen molar-refractivity contribution < 1.29 is 17.9 Å². The molecule has 1 saturated heterocycles. The van der Waals surface area contributed by atoms with E-state index >= 15 is 0 Å². The number of morpholine rings is 1. The van der Waals surface area contributed by atoms with Gasteiger partial charge in [0.15, 0.2) is 0 Å². The highest BCUT2D eigenvalue weighted by Crippen LogP contribution is 2.20. The van der Waals surface area contributed by atoms with Gasteiger partial charge in [0.2, 0.25) is 0 Å². The minimum absolute atomic E-state index is 0.0219. The van der Waals surface area contributed by atoms with Crippen molar-refractivity contribution in [3.8, 4) is 0 Å². The zero-order valence-electron chi connectivity index (χ0n) is 8.09. The average molecular weight is 242 g/mol. The van der Waals surface area contributed by atoms with Crippen molar-refractivity contribution >= 4 is 17.2 Å². The Kier molecular flexibility index (Phi) is 4.30. The second-order valence-electron chi connectivity index (χ2n) is 3.43. The van der Waals surface area contributed by atoms with Gasteiger partial charge < -0.3 is 10.5 Å². The molecule has 1 unspecified atom stereocenters. The van der Waals surface area contributed by atoms with Crippen LogP contribution in [0.2, 0.25) is 0 Å². The first-order valence-corrected chi connectivity index (χ1v) is 4.99. The van der Waals surface area contributed by atoms with E-state index < -0.39 is 18.7 Å². The lowest BCUT2D eigenvalue weighted by Crippen LogP contribution is -2.48. The summed E-state index contributed by atoms with van der Waals surface area (Å²) < 4.78 is 41.1. The summed E-state index contributed by atoms with van der Waals surface area (Å²) in [6, 6.07) is 0. The number of rotatable bonds is 3. The molecule has 15 heavy (non-hydrogen) atoms. The van der Waals surface area contributed by atoms with Crippen molar-refractivity contribution in [3.63, 3.8) is 0 Å². The molecule has 1 atom stereocenters. The Morgan fingerprint density at radius 2 is 2.20 bits per heavy atom. The van der Waals surface area contributed by atoms with E-state index in [0.717, 1.165) is 0 Å². The molecule has 0 amide bonds. The van der Waals surface area contributed by atoms with Gasteiger partial charge in [-0.2, -0.15) is 13.2 Å². The highest BCUT2D eigenvalue weighted by atomic mass is 32.1. The van der Waals surface area contributed by atoms with E-state index in [-0.39, 0.29) is 11.5 Å². The van der Waals surface area contributed by atoms with Crippen LogP contribution in [0.4, 0.5) is 13.2 Å². The number of thiocarbonyl (C=S) groups is 1. The quantitative estimate of drug-likeness (QED) is 0.747. The third kappa shape index (κ3) is 4.76. The van der Waals surface area contributed by atoms with Gasteiger partial charge in [-0.05, 0) is 0 Å². The number of hydrogen-bond acceptors (Lipinski definition) is 3. The van der Waals surface area contributed by atoms with Gasteiger partial charge in [0.05, 0.1) is 13.0 Å². The summed E-state index contributed by atoms with van der Waals surface area (Å²) in [4.78, 5) is 1.87. The smallest absolute Gasteiger partial charge is 0.390 e. The second-order valence-corrected chi connectivity index (χ2v) is 3.90. The lowest BCUT2D eigenvalue weighted by molar-refractivity contribution is -0.140. The fourth-order valence-corrected chi connectivity index (χ4v) is 1.51. The molecule has 0 saturated carbocycles. The standard InChI is InChI=1S/C8H13F3N2OS/c9-8(10,11)1-2-13-3-4-14-6(5-13)7(12)15/h6H,1-5H2,(H2,12,15). The fourth-order valence-electron chi connectivity index (χ4n) is 1.36. The predicted molar refractivity (Wildman–Crippen MR) is 53.6 cm³/mol. The Morgan fingerprint density at radius 1 is 1.53 bits per heavy atom. The Morgan fingerprint density at radius 3 is 2.73 bits per heavy atom. The summed E-state index contributed by atoms with van der Waals surface area (Å²) in [7, 11) is 0. The molecule has 0 aromatic carbocycles. The van der Waals surface area contributed by atoms with Gasteiger partial charge in [-0.1, -0.05) is 12.2 Å². The topological polar surface area (TPSA) is 38.5 Å². The molecule has 1 rings (SSSR count). The molecule has 0 spiro atoms. The number of nitrogens with zero attached hydrogens (tertiary/aromatic N) is 1.